The molecule has 0 radical (unpaired) electrons. The van der Waals surface area contributed by atoms with Crippen molar-refractivity contribution in [2.75, 3.05) is 17.2 Å². The lowest BCUT2D eigenvalue weighted by molar-refractivity contribution is 0.959. The second kappa shape index (κ2) is 9.31. The van der Waals surface area contributed by atoms with Gasteiger partial charge in [-0.25, -0.2) is 4.98 Å². The molecule has 3 aromatic heterocycles. The summed E-state index contributed by atoms with van der Waals surface area (Å²) in [6, 6.07) is 19.6. The first-order chi connectivity index (χ1) is 17.7. The van der Waals surface area contributed by atoms with Gasteiger partial charge in [-0.2, -0.15) is 5.26 Å². The van der Waals surface area contributed by atoms with Crippen molar-refractivity contribution in [3.05, 3.63) is 96.6 Å². The van der Waals surface area contributed by atoms with E-state index in [1.807, 2.05) is 51.5 Å². The molecule has 0 saturated carbocycles. The Bertz CT molecular complexity index is 1710. The van der Waals surface area contributed by atoms with E-state index < -0.39 is 0 Å². The number of hydrogen-bond donors (Lipinski definition) is 3. The maximum Gasteiger partial charge on any atom is 0.168 e. The van der Waals surface area contributed by atoms with Crippen molar-refractivity contribution in [2.24, 2.45) is 0 Å². The van der Waals surface area contributed by atoms with Crippen LogP contribution in [0, 0.1) is 11.3 Å². The van der Waals surface area contributed by atoms with E-state index in [2.05, 4.69) is 73.1 Å². The third-order valence-corrected chi connectivity index (χ3v) is 6.83. The average molecular weight is 582 g/mol. The smallest absolute Gasteiger partial charge is 0.168 e. The number of imidazole rings is 1. The van der Waals surface area contributed by atoms with Gasteiger partial charge in [-0.1, -0.05) is 0 Å². The van der Waals surface area contributed by atoms with Gasteiger partial charge in [0.15, 0.2) is 5.82 Å². The molecule has 0 spiro atoms. The summed E-state index contributed by atoms with van der Waals surface area (Å²) < 4.78 is 2.02. The number of anilines is 3. The van der Waals surface area contributed by atoms with E-state index in [0.29, 0.717) is 5.56 Å². The highest BCUT2D eigenvalue weighted by Crippen LogP contribution is 2.30. The fourth-order valence-electron chi connectivity index (χ4n) is 4.08. The zero-order valence-corrected chi connectivity index (χ0v) is 21.1. The van der Waals surface area contributed by atoms with Crippen LogP contribution in [0.2, 0.25) is 0 Å². The van der Waals surface area contributed by atoms with Crippen LogP contribution in [0.5, 0.6) is 0 Å². The summed E-state index contributed by atoms with van der Waals surface area (Å²) in [5.41, 5.74) is 7.84. The molecule has 0 aliphatic carbocycles. The number of nitrogens with zero attached hydrogens (tertiary/aromatic N) is 5. The lowest BCUT2D eigenvalue weighted by atomic mass is 10.1. The van der Waals surface area contributed by atoms with Crippen LogP contribution in [0.3, 0.4) is 0 Å². The SMILES string of the molecule is N#Cc1ccc2nccc(Nc3ccc(-c4nc5cc(NC6=CCNC=C6)ccc5n4I)nc3)c2c1. The second-order valence-electron chi connectivity index (χ2n) is 8.21. The van der Waals surface area contributed by atoms with Crippen molar-refractivity contribution >= 4 is 61.9 Å². The van der Waals surface area contributed by atoms with Crippen LogP contribution in [-0.4, -0.2) is 24.3 Å². The van der Waals surface area contributed by atoms with Crippen molar-refractivity contribution in [2.45, 2.75) is 0 Å². The third kappa shape index (κ3) is 4.23. The van der Waals surface area contributed by atoms with Crippen molar-refractivity contribution < 1.29 is 0 Å². The molecule has 36 heavy (non-hydrogen) atoms. The Morgan fingerprint density at radius 1 is 0.972 bits per heavy atom. The monoisotopic (exact) mass is 582 g/mol. The Morgan fingerprint density at radius 2 is 1.89 bits per heavy atom. The zero-order chi connectivity index (χ0) is 24.5. The lowest BCUT2D eigenvalue weighted by Crippen LogP contribution is -2.12. The maximum absolute atomic E-state index is 9.26. The fourth-order valence-corrected chi connectivity index (χ4v) is 4.84. The molecule has 174 valence electrons. The van der Waals surface area contributed by atoms with Gasteiger partial charge in [0.05, 0.1) is 62.9 Å². The molecule has 3 N–H and O–H groups in total. The van der Waals surface area contributed by atoms with Gasteiger partial charge in [0.25, 0.3) is 0 Å². The van der Waals surface area contributed by atoms with Gasteiger partial charge in [-0.05, 0) is 72.9 Å². The molecule has 0 bridgehead atoms. The minimum atomic E-state index is 0.593. The Hall–Kier alpha value is -4.43. The summed E-state index contributed by atoms with van der Waals surface area (Å²) >= 11 is 2.26. The summed E-state index contributed by atoms with van der Waals surface area (Å²) in [5, 5.41) is 20.1. The van der Waals surface area contributed by atoms with Crippen molar-refractivity contribution in [3.8, 4) is 17.6 Å². The number of hydrogen-bond acceptors (Lipinski definition) is 7. The Labute approximate surface area is 220 Å². The number of benzene rings is 2. The van der Waals surface area contributed by atoms with Gasteiger partial charge in [0.1, 0.15) is 5.69 Å². The Kier molecular flexibility index (Phi) is 5.71. The number of fused-ring (bicyclic) bond motifs is 2. The van der Waals surface area contributed by atoms with Crippen molar-refractivity contribution in [1.29, 1.82) is 5.26 Å². The maximum atomic E-state index is 9.26. The molecule has 1 aliphatic heterocycles. The first-order valence-corrected chi connectivity index (χ1v) is 12.2. The van der Waals surface area contributed by atoms with Crippen molar-refractivity contribution in [3.63, 3.8) is 0 Å². The van der Waals surface area contributed by atoms with Gasteiger partial charge >= 0.3 is 0 Å². The summed E-state index contributed by atoms with van der Waals surface area (Å²) in [6.45, 7) is 0.808. The summed E-state index contributed by atoms with van der Waals surface area (Å²) in [6.07, 6.45) is 9.58. The van der Waals surface area contributed by atoms with E-state index in [1.165, 1.54) is 0 Å². The van der Waals surface area contributed by atoms with E-state index in [1.54, 1.807) is 18.5 Å². The average Bonchev–Trinajstić information content (AvgIpc) is 3.25. The first kappa shape index (κ1) is 22.1. The van der Waals surface area contributed by atoms with Crippen LogP contribution >= 0.6 is 22.9 Å². The molecule has 0 amide bonds. The minimum Gasteiger partial charge on any atom is -0.387 e. The number of dihydropyridines is 1. The van der Waals surface area contributed by atoms with Gasteiger partial charge in [0.2, 0.25) is 0 Å². The molecule has 0 unspecified atom stereocenters. The topological polar surface area (TPSA) is 103 Å². The van der Waals surface area contributed by atoms with Crippen LogP contribution in [-0.2, 0) is 0 Å². The fraction of sp³-hybridized carbons (Fsp3) is 0.0370. The predicted molar refractivity (Wildman–Crippen MR) is 151 cm³/mol. The standard InChI is InChI=1S/C27H19IN8/c28-36-26-6-3-19(33-18-7-10-30-11-8-18)14-25(26)35-27(36)24-5-2-20(16-32-24)34-23-9-12-31-22-4-1-17(15-29)13-21(22)23/h1-10,12-14,16,30,33H,11H2,(H,31,34). The van der Waals surface area contributed by atoms with Crippen molar-refractivity contribution in [1.82, 2.24) is 23.0 Å². The molecule has 0 saturated heterocycles. The lowest BCUT2D eigenvalue weighted by Gasteiger charge is -2.11. The Morgan fingerprint density at radius 3 is 2.69 bits per heavy atom. The molecule has 5 aromatic rings. The summed E-state index contributed by atoms with van der Waals surface area (Å²) in [4.78, 5) is 13.9. The van der Waals surface area contributed by atoms with Crippen LogP contribution in [0.25, 0.3) is 33.5 Å². The minimum absolute atomic E-state index is 0.593. The number of nitrogens with one attached hydrogen (secondary N) is 3. The number of allylic oxidation sites excluding steroid dienone is 1. The molecule has 9 heteroatoms. The van der Waals surface area contributed by atoms with Crippen LogP contribution < -0.4 is 16.0 Å². The predicted octanol–water partition coefficient (Wildman–Crippen LogP) is 5.87. The Balaban J connectivity index is 1.27. The molecule has 1 aliphatic rings. The molecule has 4 heterocycles. The summed E-state index contributed by atoms with van der Waals surface area (Å²) in [7, 11) is 0. The van der Waals surface area contributed by atoms with Gasteiger partial charge in [-0.3, -0.25) is 12.7 Å². The molecule has 2 aromatic carbocycles. The van der Waals surface area contributed by atoms with E-state index in [-0.39, 0.29) is 0 Å². The molecule has 0 atom stereocenters. The number of pyridine rings is 2. The molecule has 0 fully saturated rings. The number of halogens is 1. The number of aromatic nitrogens is 4. The second-order valence-corrected chi connectivity index (χ2v) is 9.17. The van der Waals surface area contributed by atoms with E-state index in [4.69, 9.17) is 4.98 Å². The highest BCUT2D eigenvalue weighted by atomic mass is 127. The van der Waals surface area contributed by atoms with Gasteiger partial charge < -0.3 is 16.0 Å². The third-order valence-electron chi connectivity index (χ3n) is 5.85. The molecule has 6 rings (SSSR count). The van der Waals surface area contributed by atoms with E-state index in [9.17, 15) is 5.26 Å². The van der Waals surface area contributed by atoms with Gasteiger partial charge in [0, 0.05) is 35.2 Å². The van der Waals surface area contributed by atoms with Crippen LogP contribution in [0.15, 0.2) is 91.0 Å². The quantitative estimate of drug-likeness (QED) is 0.223. The van der Waals surface area contributed by atoms with Gasteiger partial charge in [-0.15, -0.1) is 0 Å². The highest BCUT2D eigenvalue weighted by molar-refractivity contribution is 14.1. The van der Waals surface area contributed by atoms with Crippen LogP contribution in [0.4, 0.5) is 17.1 Å². The zero-order valence-electron chi connectivity index (χ0n) is 18.9. The normalized spacial score (nSPS) is 12.7. The largest absolute Gasteiger partial charge is 0.387 e. The number of rotatable bonds is 5. The van der Waals surface area contributed by atoms with E-state index in [0.717, 1.165) is 62.8 Å². The first-order valence-electron chi connectivity index (χ1n) is 11.3. The van der Waals surface area contributed by atoms with E-state index >= 15 is 0 Å². The molecular formula is C27H19IN8. The van der Waals surface area contributed by atoms with Crippen LogP contribution in [0.1, 0.15) is 5.56 Å². The molecular weight excluding hydrogens is 563 g/mol. The number of nitriles is 1. The summed E-state index contributed by atoms with van der Waals surface area (Å²) in [5.74, 6) is 0.781. The molecule has 8 nitrogen and oxygen atoms in total. The highest BCUT2D eigenvalue weighted by Gasteiger charge is 2.13.